The Kier molecular flexibility index (Phi) is 4.81. The number of nitrogens with one attached hydrogen (secondary N) is 1. The number of fused-ring (bicyclic) bond motifs is 1. The van der Waals surface area contributed by atoms with E-state index in [-0.39, 0.29) is 12.0 Å². The highest BCUT2D eigenvalue weighted by Crippen LogP contribution is 2.47. The number of hydrogen-bond donors (Lipinski definition) is 1. The highest BCUT2D eigenvalue weighted by molar-refractivity contribution is 5.89. The van der Waals surface area contributed by atoms with Crippen LogP contribution in [0.3, 0.4) is 0 Å². The van der Waals surface area contributed by atoms with Crippen molar-refractivity contribution in [2.24, 2.45) is 11.8 Å². The summed E-state index contributed by atoms with van der Waals surface area (Å²) in [7, 11) is 1.40. The van der Waals surface area contributed by atoms with Crippen molar-refractivity contribution >= 4 is 11.9 Å². The summed E-state index contributed by atoms with van der Waals surface area (Å²) in [5.74, 6) is 1.72. The van der Waals surface area contributed by atoms with E-state index in [4.69, 9.17) is 4.74 Å². The highest BCUT2D eigenvalue weighted by atomic mass is 16.5. The summed E-state index contributed by atoms with van der Waals surface area (Å²) >= 11 is 0. The lowest BCUT2D eigenvalue weighted by Gasteiger charge is -2.40. The molecule has 3 aliphatic rings. The third-order valence-electron chi connectivity index (χ3n) is 6.86. The fourth-order valence-corrected chi connectivity index (χ4v) is 5.47. The predicted molar refractivity (Wildman–Crippen MR) is 108 cm³/mol. The van der Waals surface area contributed by atoms with Crippen LogP contribution in [0.15, 0.2) is 35.5 Å². The third kappa shape index (κ3) is 3.22. The van der Waals surface area contributed by atoms with E-state index in [9.17, 15) is 4.79 Å². The van der Waals surface area contributed by atoms with Gasteiger partial charge in [0.1, 0.15) is 6.04 Å². The van der Waals surface area contributed by atoms with Crippen LogP contribution in [0.25, 0.3) is 0 Å². The van der Waals surface area contributed by atoms with Crippen LogP contribution in [0.2, 0.25) is 0 Å². The zero-order valence-corrected chi connectivity index (χ0v) is 16.8. The predicted octanol–water partition coefficient (Wildman–Crippen LogP) is 4.11. The Balaban J connectivity index is 1.54. The largest absolute Gasteiger partial charge is 0.465 e. The van der Waals surface area contributed by atoms with Crippen molar-refractivity contribution in [2.45, 2.75) is 57.4 Å². The van der Waals surface area contributed by atoms with Gasteiger partial charge in [0.2, 0.25) is 5.95 Å². The van der Waals surface area contributed by atoms with E-state index in [1.807, 2.05) is 28.9 Å². The zero-order valence-electron chi connectivity index (χ0n) is 16.8. The fourth-order valence-electron chi connectivity index (χ4n) is 5.47. The monoisotopic (exact) mass is 393 g/mol. The summed E-state index contributed by atoms with van der Waals surface area (Å²) in [5, 5.41) is 16.1. The van der Waals surface area contributed by atoms with Crippen molar-refractivity contribution in [1.29, 1.82) is 0 Å². The topological polar surface area (TPSA) is 81.9 Å². The van der Waals surface area contributed by atoms with Gasteiger partial charge in [-0.05, 0) is 71.7 Å². The van der Waals surface area contributed by atoms with Crippen molar-refractivity contribution in [3.8, 4) is 0 Å². The van der Waals surface area contributed by atoms with Crippen LogP contribution >= 0.6 is 0 Å². The molecule has 1 aromatic heterocycles. The molecule has 2 aromatic rings. The standard InChI is InChI=1S/C22H27N5O2/c1-29-21(28)16-12-10-15(11-13-16)20-18-9-5-8-17(14-6-3-2-4-7-14)19(18)23-22-24-25-26-27(20)22/h10-14,17,20H,2-9H2,1H3,(H,23,24,26)/t17-,20-/m1/s1. The quantitative estimate of drug-likeness (QED) is 0.791. The van der Waals surface area contributed by atoms with Crippen molar-refractivity contribution in [3.05, 3.63) is 46.7 Å². The number of hydrogen-bond acceptors (Lipinski definition) is 6. The van der Waals surface area contributed by atoms with Gasteiger partial charge in [-0.1, -0.05) is 36.5 Å². The molecule has 0 saturated heterocycles. The lowest BCUT2D eigenvalue weighted by molar-refractivity contribution is 0.0600. The molecule has 5 rings (SSSR count). The maximum atomic E-state index is 11.8. The van der Waals surface area contributed by atoms with Gasteiger partial charge in [-0.3, -0.25) is 0 Å². The van der Waals surface area contributed by atoms with Crippen LogP contribution in [-0.4, -0.2) is 33.3 Å². The van der Waals surface area contributed by atoms with Crippen molar-refractivity contribution in [3.63, 3.8) is 0 Å². The molecule has 0 spiro atoms. The van der Waals surface area contributed by atoms with Crippen LogP contribution in [-0.2, 0) is 4.74 Å². The first-order chi connectivity index (χ1) is 14.3. The van der Waals surface area contributed by atoms with Gasteiger partial charge in [-0.15, -0.1) is 0 Å². The van der Waals surface area contributed by atoms with E-state index in [1.54, 1.807) is 0 Å². The number of benzene rings is 1. The molecule has 7 heteroatoms. The van der Waals surface area contributed by atoms with Crippen LogP contribution in [0.1, 0.15) is 73.3 Å². The number of esters is 1. The molecule has 2 atom stereocenters. The molecular weight excluding hydrogens is 366 g/mol. The maximum absolute atomic E-state index is 11.8. The molecule has 0 bridgehead atoms. The van der Waals surface area contributed by atoms with Gasteiger partial charge in [-0.25, -0.2) is 4.79 Å². The fraction of sp³-hybridized carbons (Fsp3) is 0.545. The van der Waals surface area contributed by atoms with Gasteiger partial charge in [0.05, 0.1) is 12.7 Å². The van der Waals surface area contributed by atoms with Crippen LogP contribution in [0, 0.1) is 11.8 Å². The summed E-state index contributed by atoms with van der Waals surface area (Å²) in [4.78, 5) is 11.8. The van der Waals surface area contributed by atoms with Gasteiger partial charge in [0.15, 0.2) is 0 Å². The van der Waals surface area contributed by atoms with Gasteiger partial charge in [0.25, 0.3) is 0 Å². The number of ether oxygens (including phenoxy) is 1. The SMILES string of the molecule is COC(=O)c1ccc([C@@H]2C3=C(Nc4nnnn42)[C@@H](C2CCCCC2)CCC3)cc1. The average Bonchev–Trinajstić information content (AvgIpc) is 3.25. The normalized spacial score (nSPS) is 24.4. The second kappa shape index (κ2) is 7.61. The molecule has 0 amide bonds. The first kappa shape index (κ1) is 18.3. The number of tetrazole rings is 1. The van der Waals surface area contributed by atoms with E-state index in [0.717, 1.165) is 17.9 Å². The number of anilines is 1. The Morgan fingerprint density at radius 2 is 1.90 bits per heavy atom. The summed E-state index contributed by atoms with van der Waals surface area (Å²) in [6.07, 6.45) is 10.2. The van der Waals surface area contributed by atoms with Gasteiger partial charge >= 0.3 is 5.97 Å². The zero-order chi connectivity index (χ0) is 19.8. The summed E-state index contributed by atoms with van der Waals surface area (Å²) in [5.41, 5.74) is 4.41. The summed E-state index contributed by atoms with van der Waals surface area (Å²) < 4.78 is 6.72. The molecule has 7 nitrogen and oxygen atoms in total. The lowest BCUT2D eigenvalue weighted by atomic mass is 9.71. The number of methoxy groups -OCH3 is 1. The lowest BCUT2D eigenvalue weighted by Crippen LogP contribution is -2.34. The second-order valence-electron chi connectivity index (χ2n) is 8.42. The minimum atomic E-state index is -0.320. The van der Waals surface area contributed by atoms with E-state index in [2.05, 4.69) is 20.8 Å². The van der Waals surface area contributed by atoms with E-state index in [1.165, 1.54) is 63.3 Å². The second-order valence-corrected chi connectivity index (χ2v) is 8.42. The van der Waals surface area contributed by atoms with Crippen LogP contribution in [0.5, 0.6) is 0 Å². The first-order valence-electron chi connectivity index (χ1n) is 10.7. The molecule has 1 fully saturated rings. The van der Waals surface area contributed by atoms with Crippen LogP contribution < -0.4 is 5.32 Å². The minimum absolute atomic E-state index is 0.0191. The first-order valence-corrected chi connectivity index (χ1v) is 10.7. The van der Waals surface area contributed by atoms with Gasteiger partial charge in [0, 0.05) is 11.6 Å². The molecule has 1 aliphatic heterocycles. The Hall–Kier alpha value is -2.70. The van der Waals surface area contributed by atoms with E-state index >= 15 is 0 Å². The summed E-state index contributed by atoms with van der Waals surface area (Å²) in [6.45, 7) is 0. The third-order valence-corrected chi connectivity index (χ3v) is 6.86. The molecule has 152 valence electrons. The maximum Gasteiger partial charge on any atom is 0.337 e. The number of carbonyl (C=O) groups is 1. The van der Waals surface area contributed by atoms with Crippen molar-refractivity contribution in [2.75, 3.05) is 12.4 Å². The molecule has 0 unspecified atom stereocenters. The molecular formula is C22H27N5O2. The Bertz CT molecular complexity index is 927. The van der Waals surface area contributed by atoms with E-state index in [0.29, 0.717) is 17.4 Å². The van der Waals surface area contributed by atoms with Crippen LogP contribution in [0.4, 0.5) is 5.95 Å². The van der Waals surface area contributed by atoms with Crippen molar-refractivity contribution in [1.82, 2.24) is 20.2 Å². The Morgan fingerprint density at radius 3 is 2.66 bits per heavy atom. The molecule has 2 aliphatic carbocycles. The Morgan fingerprint density at radius 1 is 1.10 bits per heavy atom. The number of nitrogens with zero attached hydrogens (tertiary/aromatic N) is 4. The molecule has 1 N–H and O–H groups in total. The number of rotatable bonds is 3. The molecule has 29 heavy (non-hydrogen) atoms. The van der Waals surface area contributed by atoms with Crippen molar-refractivity contribution < 1.29 is 9.53 Å². The number of aromatic nitrogens is 4. The smallest absolute Gasteiger partial charge is 0.337 e. The van der Waals surface area contributed by atoms with Gasteiger partial charge < -0.3 is 10.1 Å². The highest BCUT2D eigenvalue weighted by Gasteiger charge is 2.38. The summed E-state index contributed by atoms with van der Waals surface area (Å²) in [6, 6.07) is 7.64. The molecule has 2 heterocycles. The minimum Gasteiger partial charge on any atom is -0.465 e. The molecule has 1 aromatic carbocycles. The van der Waals surface area contributed by atoms with E-state index < -0.39 is 0 Å². The number of carbonyl (C=O) groups excluding carboxylic acids is 1. The molecule has 1 saturated carbocycles. The number of allylic oxidation sites excluding steroid dienone is 2. The van der Waals surface area contributed by atoms with Gasteiger partial charge in [-0.2, -0.15) is 4.68 Å². The average molecular weight is 393 g/mol. The molecule has 0 radical (unpaired) electrons. The Labute approximate surface area is 170 Å².